The maximum absolute atomic E-state index is 12.6. The van der Waals surface area contributed by atoms with Gasteiger partial charge in [0.25, 0.3) is 0 Å². The Morgan fingerprint density at radius 2 is 2.07 bits per heavy atom. The Kier molecular flexibility index (Phi) is 1.81. The van der Waals surface area contributed by atoms with E-state index in [0.717, 1.165) is 6.07 Å². The first-order valence-electron chi connectivity index (χ1n) is 3.84. The molecule has 0 saturated heterocycles. The van der Waals surface area contributed by atoms with E-state index in [0.29, 0.717) is 11.3 Å². The molecular formula is C8H6FNO3S. The Morgan fingerprint density at radius 3 is 2.71 bits per heavy atom. The van der Waals surface area contributed by atoms with Gasteiger partial charge in [0.2, 0.25) is 5.91 Å². The molecule has 1 N–H and O–H groups in total. The Balaban J connectivity index is 2.53. The second kappa shape index (κ2) is 2.78. The number of rotatable bonds is 1. The van der Waals surface area contributed by atoms with Crippen molar-refractivity contribution < 1.29 is 17.1 Å². The third-order valence-corrected chi connectivity index (χ3v) is 2.80. The number of anilines is 1. The molecule has 6 heteroatoms. The lowest BCUT2D eigenvalue weighted by Gasteiger charge is -1.99. The summed E-state index contributed by atoms with van der Waals surface area (Å²) in [6.07, 6.45) is 0.0959. The summed E-state index contributed by atoms with van der Waals surface area (Å²) in [5.74, 6) is -0.214. The molecule has 74 valence electrons. The highest BCUT2D eigenvalue weighted by Crippen LogP contribution is 2.26. The number of carbonyl (C=O) groups excluding carboxylic acids is 1. The Hall–Kier alpha value is -1.43. The largest absolute Gasteiger partial charge is 0.332 e. The molecule has 0 saturated carbocycles. The second-order valence-corrected chi connectivity index (χ2v) is 4.33. The van der Waals surface area contributed by atoms with Crippen molar-refractivity contribution in [1.29, 1.82) is 0 Å². The van der Waals surface area contributed by atoms with Crippen molar-refractivity contribution >= 4 is 21.8 Å². The minimum absolute atomic E-state index is 0.0959. The van der Waals surface area contributed by atoms with E-state index in [1.165, 1.54) is 12.1 Å². The van der Waals surface area contributed by atoms with Crippen LogP contribution in [0.5, 0.6) is 0 Å². The number of nitrogens with one attached hydrogen (secondary N) is 1. The van der Waals surface area contributed by atoms with Crippen molar-refractivity contribution in [2.45, 2.75) is 11.3 Å². The van der Waals surface area contributed by atoms with Crippen LogP contribution in [0.1, 0.15) is 5.56 Å². The minimum atomic E-state index is -4.68. The molecule has 0 fully saturated rings. The van der Waals surface area contributed by atoms with Crippen LogP contribution in [0.4, 0.5) is 9.57 Å². The summed E-state index contributed by atoms with van der Waals surface area (Å²) in [5, 5.41) is 2.52. The molecule has 0 atom stereocenters. The van der Waals surface area contributed by atoms with Crippen molar-refractivity contribution in [2.24, 2.45) is 0 Å². The van der Waals surface area contributed by atoms with Gasteiger partial charge < -0.3 is 5.32 Å². The van der Waals surface area contributed by atoms with Crippen molar-refractivity contribution in [1.82, 2.24) is 0 Å². The highest BCUT2D eigenvalue weighted by atomic mass is 32.3. The predicted molar refractivity (Wildman–Crippen MR) is 47.1 cm³/mol. The van der Waals surface area contributed by atoms with E-state index >= 15 is 0 Å². The van der Waals surface area contributed by atoms with Crippen LogP contribution in [0.15, 0.2) is 23.1 Å². The smallest absolute Gasteiger partial charge is 0.326 e. The van der Waals surface area contributed by atoms with E-state index in [1.54, 1.807) is 0 Å². The second-order valence-electron chi connectivity index (χ2n) is 2.98. The molecule has 1 aliphatic heterocycles. The minimum Gasteiger partial charge on any atom is -0.326 e. The van der Waals surface area contributed by atoms with E-state index < -0.39 is 15.1 Å². The summed E-state index contributed by atoms with van der Waals surface area (Å²) in [7, 11) is -4.68. The fourth-order valence-corrected chi connectivity index (χ4v) is 1.87. The molecule has 1 aromatic carbocycles. The molecule has 0 radical (unpaired) electrons. The summed E-state index contributed by atoms with van der Waals surface area (Å²) in [5.41, 5.74) is 1.05. The van der Waals surface area contributed by atoms with Gasteiger partial charge in [-0.15, -0.1) is 3.89 Å². The topological polar surface area (TPSA) is 63.2 Å². The number of halogens is 1. The van der Waals surface area contributed by atoms with Gasteiger partial charge >= 0.3 is 10.2 Å². The van der Waals surface area contributed by atoms with Gasteiger partial charge in [-0.05, 0) is 23.8 Å². The van der Waals surface area contributed by atoms with Gasteiger partial charge in [0.1, 0.15) is 0 Å². The normalized spacial score (nSPS) is 15.1. The van der Waals surface area contributed by atoms with Crippen LogP contribution >= 0.6 is 0 Å². The standard InChI is InChI=1S/C8H6FNO3S/c9-14(12,13)6-1-2-7-5(3-6)4-8(11)10-7/h1-3H,4H2,(H,10,11). The Morgan fingerprint density at radius 1 is 1.36 bits per heavy atom. The van der Waals surface area contributed by atoms with E-state index in [9.17, 15) is 17.1 Å². The molecule has 14 heavy (non-hydrogen) atoms. The first-order valence-corrected chi connectivity index (χ1v) is 5.22. The molecule has 0 spiro atoms. The fraction of sp³-hybridized carbons (Fsp3) is 0.125. The first-order chi connectivity index (χ1) is 6.47. The molecule has 0 unspecified atom stereocenters. The quantitative estimate of drug-likeness (QED) is 0.706. The fourth-order valence-electron chi connectivity index (χ4n) is 1.36. The van der Waals surface area contributed by atoms with Crippen LogP contribution < -0.4 is 5.32 Å². The maximum Gasteiger partial charge on any atom is 0.332 e. The number of benzene rings is 1. The van der Waals surface area contributed by atoms with Crippen molar-refractivity contribution in [3.8, 4) is 0 Å². The van der Waals surface area contributed by atoms with Crippen LogP contribution in [-0.4, -0.2) is 14.3 Å². The molecule has 1 amide bonds. The molecule has 0 bridgehead atoms. The molecule has 1 aromatic rings. The molecule has 1 heterocycles. The molecule has 0 aliphatic carbocycles. The van der Waals surface area contributed by atoms with Gasteiger partial charge in [0.05, 0.1) is 11.3 Å². The van der Waals surface area contributed by atoms with Crippen LogP contribution in [0.25, 0.3) is 0 Å². The summed E-state index contributed by atoms with van der Waals surface area (Å²) in [6, 6.07) is 3.68. The van der Waals surface area contributed by atoms with E-state index in [-0.39, 0.29) is 12.3 Å². The van der Waals surface area contributed by atoms with Gasteiger partial charge in [0, 0.05) is 5.69 Å². The highest BCUT2D eigenvalue weighted by molar-refractivity contribution is 7.86. The zero-order valence-corrected chi connectivity index (χ0v) is 7.77. The predicted octanol–water partition coefficient (Wildman–Crippen LogP) is 0.839. The van der Waals surface area contributed by atoms with Crippen LogP contribution in [0.2, 0.25) is 0 Å². The monoisotopic (exact) mass is 215 g/mol. The molecule has 2 rings (SSSR count). The zero-order valence-electron chi connectivity index (χ0n) is 6.95. The SMILES string of the molecule is O=C1Cc2cc(S(=O)(=O)F)ccc2N1. The van der Waals surface area contributed by atoms with Crippen LogP contribution in [0, 0.1) is 0 Å². The molecule has 1 aliphatic rings. The first kappa shape index (κ1) is 9.14. The van der Waals surface area contributed by atoms with Crippen LogP contribution in [0.3, 0.4) is 0 Å². The Labute approximate surface area is 80.0 Å². The zero-order chi connectivity index (χ0) is 10.3. The number of hydrogen-bond donors (Lipinski definition) is 1. The summed E-state index contributed by atoms with van der Waals surface area (Å²) in [4.78, 5) is 10.5. The van der Waals surface area contributed by atoms with Crippen LogP contribution in [-0.2, 0) is 21.4 Å². The average Bonchev–Trinajstić information content (AvgIpc) is 2.41. The third kappa shape index (κ3) is 1.48. The lowest BCUT2D eigenvalue weighted by molar-refractivity contribution is -0.115. The summed E-state index contributed by atoms with van der Waals surface area (Å²) >= 11 is 0. The third-order valence-electron chi connectivity index (χ3n) is 1.98. The summed E-state index contributed by atoms with van der Waals surface area (Å²) < 4.78 is 33.6. The van der Waals surface area contributed by atoms with E-state index in [2.05, 4.69) is 5.32 Å². The maximum atomic E-state index is 12.6. The number of carbonyl (C=O) groups is 1. The Bertz CT molecular complexity index is 509. The van der Waals surface area contributed by atoms with Gasteiger partial charge in [0.15, 0.2) is 0 Å². The molecular weight excluding hydrogens is 209 g/mol. The van der Waals surface area contributed by atoms with Crippen molar-refractivity contribution in [2.75, 3.05) is 5.32 Å². The van der Waals surface area contributed by atoms with Gasteiger partial charge in [-0.25, -0.2) is 0 Å². The number of fused-ring (bicyclic) bond motifs is 1. The molecule has 0 aromatic heterocycles. The average molecular weight is 215 g/mol. The van der Waals surface area contributed by atoms with Gasteiger partial charge in [-0.2, -0.15) is 8.42 Å². The molecule has 4 nitrogen and oxygen atoms in total. The van der Waals surface area contributed by atoms with Crippen molar-refractivity contribution in [3.05, 3.63) is 23.8 Å². The number of hydrogen-bond acceptors (Lipinski definition) is 3. The lowest BCUT2D eigenvalue weighted by atomic mass is 10.2. The van der Waals surface area contributed by atoms with E-state index in [4.69, 9.17) is 0 Å². The van der Waals surface area contributed by atoms with Gasteiger partial charge in [-0.1, -0.05) is 0 Å². The van der Waals surface area contributed by atoms with Gasteiger partial charge in [-0.3, -0.25) is 4.79 Å². The number of amides is 1. The highest BCUT2D eigenvalue weighted by Gasteiger charge is 2.21. The summed E-state index contributed by atoms with van der Waals surface area (Å²) in [6.45, 7) is 0. The van der Waals surface area contributed by atoms with Crippen molar-refractivity contribution in [3.63, 3.8) is 0 Å². The lowest BCUT2D eigenvalue weighted by Crippen LogP contribution is -2.03. The van der Waals surface area contributed by atoms with E-state index in [1.807, 2.05) is 0 Å².